The SMILES string of the molecule is CNC(=O)[C@@H](C)Sc1nnc(C[NH+](C)C)o1. The third-order valence-corrected chi connectivity index (χ3v) is 2.78. The van der Waals surface area contributed by atoms with Crippen LogP contribution in [0.15, 0.2) is 9.64 Å². The third kappa shape index (κ3) is 3.82. The zero-order valence-electron chi connectivity index (χ0n) is 9.90. The Bertz CT molecular complexity index is 353. The second-order valence-corrected chi connectivity index (χ2v) is 5.01. The molecule has 0 aliphatic carbocycles. The maximum atomic E-state index is 11.3. The van der Waals surface area contributed by atoms with Crippen LogP contribution in [-0.2, 0) is 11.3 Å². The lowest BCUT2D eigenvalue weighted by Gasteiger charge is -2.05. The first-order chi connectivity index (χ1) is 7.52. The van der Waals surface area contributed by atoms with E-state index in [4.69, 9.17) is 4.42 Å². The summed E-state index contributed by atoms with van der Waals surface area (Å²) in [6.07, 6.45) is 0. The third-order valence-electron chi connectivity index (χ3n) is 1.85. The molecule has 0 aliphatic heterocycles. The summed E-state index contributed by atoms with van der Waals surface area (Å²) in [7, 11) is 5.61. The lowest BCUT2D eigenvalue weighted by atomic mass is 10.4. The van der Waals surface area contributed by atoms with Crippen LogP contribution in [0.4, 0.5) is 0 Å². The molecule has 16 heavy (non-hydrogen) atoms. The highest BCUT2D eigenvalue weighted by atomic mass is 32.2. The van der Waals surface area contributed by atoms with Gasteiger partial charge in [0.2, 0.25) is 5.91 Å². The van der Waals surface area contributed by atoms with Gasteiger partial charge in [0.15, 0.2) is 6.54 Å². The molecular weight excluding hydrogens is 228 g/mol. The van der Waals surface area contributed by atoms with Gasteiger partial charge < -0.3 is 14.6 Å². The second-order valence-electron chi connectivity index (χ2n) is 3.72. The summed E-state index contributed by atoms with van der Waals surface area (Å²) in [6, 6.07) is 0. The van der Waals surface area contributed by atoms with Gasteiger partial charge in [-0.25, -0.2) is 0 Å². The lowest BCUT2D eigenvalue weighted by molar-refractivity contribution is -0.874. The van der Waals surface area contributed by atoms with Crippen LogP contribution in [0.5, 0.6) is 0 Å². The van der Waals surface area contributed by atoms with Gasteiger partial charge in [-0.2, -0.15) is 0 Å². The van der Waals surface area contributed by atoms with Crippen molar-refractivity contribution in [3.8, 4) is 0 Å². The first kappa shape index (κ1) is 13.0. The molecule has 1 amide bonds. The van der Waals surface area contributed by atoms with E-state index in [1.807, 2.05) is 14.1 Å². The van der Waals surface area contributed by atoms with Gasteiger partial charge in [0.25, 0.3) is 11.1 Å². The Kier molecular flexibility index (Phi) is 4.75. The Labute approximate surface area is 98.8 Å². The molecule has 6 nitrogen and oxygen atoms in total. The molecule has 0 unspecified atom stereocenters. The molecule has 0 spiro atoms. The van der Waals surface area contributed by atoms with Gasteiger partial charge in [-0.15, -0.1) is 10.2 Å². The molecule has 0 saturated heterocycles. The van der Waals surface area contributed by atoms with E-state index in [-0.39, 0.29) is 11.2 Å². The molecule has 0 radical (unpaired) electrons. The molecule has 1 aromatic heterocycles. The predicted octanol–water partition coefficient (Wildman–Crippen LogP) is -1.06. The zero-order valence-corrected chi connectivity index (χ0v) is 10.7. The molecule has 1 rings (SSSR count). The summed E-state index contributed by atoms with van der Waals surface area (Å²) in [6.45, 7) is 2.48. The van der Waals surface area contributed by atoms with Crippen molar-refractivity contribution < 1.29 is 14.1 Å². The highest BCUT2D eigenvalue weighted by Crippen LogP contribution is 2.21. The summed E-state index contributed by atoms with van der Waals surface area (Å²) < 4.78 is 5.40. The normalized spacial score (nSPS) is 12.8. The summed E-state index contributed by atoms with van der Waals surface area (Å²) in [5.74, 6) is 0.537. The Morgan fingerprint density at radius 1 is 1.56 bits per heavy atom. The molecule has 90 valence electrons. The van der Waals surface area contributed by atoms with Crippen molar-refractivity contribution in [1.29, 1.82) is 0 Å². The lowest BCUT2D eigenvalue weighted by Crippen LogP contribution is -3.04. The fourth-order valence-corrected chi connectivity index (χ4v) is 1.83. The van der Waals surface area contributed by atoms with Gasteiger partial charge in [0, 0.05) is 7.05 Å². The van der Waals surface area contributed by atoms with Crippen molar-refractivity contribution in [2.75, 3.05) is 21.1 Å². The van der Waals surface area contributed by atoms with Crippen LogP contribution >= 0.6 is 11.8 Å². The molecule has 0 bridgehead atoms. The van der Waals surface area contributed by atoms with Gasteiger partial charge in [-0.1, -0.05) is 11.8 Å². The van der Waals surface area contributed by atoms with Crippen LogP contribution in [0.25, 0.3) is 0 Å². The van der Waals surface area contributed by atoms with Crippen molar-refractivity contribution in [1.82, 2.24) is 15.5 Å². The van der Waals surface area contributed by atoms with Crippen LogP contribution in [0.3, 0.4) is 0 Å². The minimum atomic E-state index is -0.231. The molecule has 0 aliphatic rings. The molecule has 1 heterocycles. The number of quaternary nitrogens is 1. The number of nitrogens with zero attached hydrogens (tertiary/aromatic N) is 2. The predicted molar refractivity (Wildman–Crippen MR) is 60.2 cm³/mol. The monoisotopic (exact) mass is 245 g/mol. The summed E-state index contributed by atoms with van der Waals surface area (Å²) in [5, 5.41) is 10.6. The number of aromatic nitrogens is 2. The van der Waals surface area contributed by atoms with Gasteiger partial charge in [-0.3, -0.25) is 4.79 Å². The van der Waals surface area contributed by atoms with E-state index in [1.54, 1.807) is 14.0 Å². The minimum absolute atomic E-state index is 0.0528. The van der Waals surface area contributed by atoms with Crippen LogP contribution in [0, 0.1) is 0 Å². The van der Waals surface area contributed by atoms with E-state index in [9.17, 15) is 4.79 Å². The van der Waals surface area contributed by atoms with Crippen molar-refractivity contribution in [2.24, 2.45) is 0 Å². The van der Waals surface area contributed by atoms with Crippen LogP contribution in [0.2, 0.25) is 0 Å². The topological polar surface area (TPSA) is 72.5 Å². The van der Waals surface area contributed by atoms with Crippen LogP contribution < -0.4 is 10.2 Å². The summed E-state index contributed by atoms with van der Waals surface area (Å²) in [5.41, 5.74) is 0. The zero-order chi connectivity index (χ0) is 12.1. The van der Waals surface area contributed by atoms with Gasteiger partial charge >= 0.3 is 0 Å². The van der Waals surface area contributed by atoms with E-state index in [2.05, 4.69) is 15.5 Å². The van der Waals surface area contributed by atoms with E-state index in [1.165, 1.54) is 16.7 Å². The largest absolute Gasteiger partial charge is 0.410 e. The van der Waals surface area contributed by atoms with Crippen molar-refractivity contribution in [2.45, 2.75) is 23.9 Å². The quantitative estimate of drug-likeness (QED) is 0.647. The average Bonchev–Trinajstić information content (AvgIpc) is 2.63. The summed E-state index contributed by atoms with van der Waals surface area (Å²) in [4.78, 5) is 12.5. The van der Waals surface area contributed by atoms with Gasteiger partial charge in [-0.05, 0) is 6.92 Å². The number of rotatable bonds is 5. The van der Waals surface area contributed by atoms with E-state index < -0.39 is 0 Å². The number of amides is 1. The Hall–Kier alpha value is -1.08. The number of carbonyl (C=O) groups excluding carboxylic acids is 1. The Morgan fingerprint density at radius 3 is 2.81 bits per heavy atom. The van der Waals surface area contributed by atoms with Crippen molar-refractivity contribution in [3.63, 3.8) is 0 Å². The molecule has 1 atom stereocenters. The maximum absolute atomic E-state index is 11.3. The first-order valence-electron chi connectivity index (χ1n) is 5.02. The Balaban J connectivity index is 2.55. The van der Waals surface area contributed by atoms with Crippen LogP contribution in [-0.4, -0.2) is 42.5 Å². The molecule has 7 heteroatoms. The number of hydrogen-bond donors (Lipinski definition) is 2. The standard InChI is InChI=1S/C9H16N4O2S/c1-6(8(14)10-2)16-9-12-11-7(15-9)5-13(3)4/h6H,5H2,1-4H3,(H,10,14)/p+1/t6-/m1/s1. The van der Waals surface area contributed by atoms with E-state index in [0.29, 0.717) is 17.7 Å². The smallest absolute Gasteiger partial charge is 0.277 e. The second kappa shape index (κ2) is 5.86. The number of hydrogen-bond acceptors (Lipinski definition) is 5. The highest BCUT2D eigenvalue weighted by Gasteiger charge is 2.17. The minimum Gasteiger partial charge on any atom is -0.410 e. The first-order valence-corrected chi connectivity index (χ1v) is 5.90. The molecule has 0 saturated carbocycles. The molecule has 0 fully saturated rings. The van der Waals surface area contributed by atoms with E-state index >= 15 is 0 Å². The fourth-order valence-electron chi connectivity index (χ4n) is 1.07. The average molecular weight is 245 g/mol. The van der Waals surface area contributed by atoms with Gasteiger partial charge in [0.1, 0.15) is 0 Å². The maximum Gasteiger partial charge on any atom is 0.277 e. The van der Waals surface area contributed by atoms with Crippen molar-refractivity contribution >= 4 is 17.7 Å². The van der Waals surface area contributed by atoms with Gasteiger partial charge in [0.05, 0.1) is 19.3 Å². The highest BCUT2D eigenvalue weighted by molar-refractivity contribution is 8.00. The molecule has 0 aromatic carbocycles. The number of carbonyl (C=O) groups is 1. The summed E-state index contributed by atoms with van der Waals surface area (Å²) >= 11 is 1.26. The van der Waals surface area contributed by atoms with Crippen molar-refractivity contribution in [3.05, 3.63) is 5.89 Å². The number of thioether (sulfide) groups is 1. The number of nitrogens with one attached hydrogen (secondary N) is 2. The molecule has 1 aromatic rings. The molecular formula is C9H17N4O2S+. The molecule has 2 N–H and O–H groups in total. The van der Waals surface area contributed by atoms with Crippen LogP contribution in [0.1, 0.15) is 12.8 Å². The fraction of sp³-hybridized carbons (Fsp3) is 0.667. The Morgan fingerprint density at radius 2 is 2.25 bits per heavy atom. The van der Waals surface area contributed by atoms with E-state index in [0.717, 1.165) is 0 Å².